The molecular weight excluding hydrogens is 376 g/mol. The van der Waals surface area contributed by atoms with Gasteiger partial charge in [0.05, 0.1) is 28.3 Å². The van der Waals surface area contributed by atoms with Gasteiger partial charge in [-0.2, -0.15) is 0 Å². The number of nitrogens with one attached hydrogen (secondary N) is 1. The summed E-state index contributed by atoms with van der Waals surface area (Å²) in [6.45, 7) is 3.21. The topological polar surface area (TPSA) is 108 Å². The van der Waals surface area contributed by atoms with E-state index >= 15 is 0 Å². The fourth-order valence-electron chi connectivity index (χ4n) is 2.42. The molecule has 2 rings (SSSR count). The molecule has 0 aliphatic rings. The number of anilines is 1. The zero-order chi connectivity index (χ0) is 20.1. The molecule has 0 aliphatic carbocycles. The Labute approximate surface area is 160 Å². The van der Waals surface area contributed by atoms with Crippen molar-refractivity contribution in [1.82, 2.24) is 0 Å². The molecule has 0 aromatic heterocycles. The van der Waals surface area contributed by atoms with Crippen molar-refractivity contribution < 1.29 is 24.0 Å². The summed E-state index contributed by atoms with van der Waals surface area (Å²) in [5.74, 6) is -1.39. The molecule has 0 atom stereocenters. The molecule has 1 N–H and O–H groups in total. The summed E-state index contributed by atoms with van der Waals surface area (Å²) < 4.78 is 9.78. The Kier molecular flexibility index (Phi) is 6.36. The molecule has 0 heterocycles. The third-order valence-electron chi connectivity index (χ3n) is 3.63. The number of ether oxygens (including phenoxy) is 2. The first kappa shape index (κ1) is 20.2. The highest BCUT2D eigenvalue weighted by atomic mass is 35.5. The summed E-state index contributed by atoms with van der Waals surface area (Å²) in [5.41, 5.74) is 1.74. The van der Waals surface area contributed by atoms with E-state index in [1.165, 1.54) is 19.2 Å². The van der Waals surface area contributed by atoms with Crippen LogP contribution in [0.4, 0.5) is 11.4 Å². The predicted molar refractivity (Wildman–Crippen MR) is 99.5 cm³/mol. The van der Waals surface area contributed by atoms with E-state index in [0.717, 1.165) is 17.2 Å². The van der Waals surface area contributed by atoms with Gasteiger partial charge in [0.1, 0.15) is 0 Å². The largest absolute Gasteiger partial charge is 0.477 e. The highest BCUT2D eigenvalue weighted by Gasteiger charge is 2.20. The lowest BCUT2D eigenvalue weighted by Crippen LogP contribution is -2.21. The Morgan fingerprint density at radius 2 is 1.93 bits per heavy atom. The van der Waals surface area contributed by atoms with Crippen LogP contribution in [-0.4, -0.2) is 30.5 Å². The van der Waals surface area contributed by atoms with Crippen LogP contribution in [0, 0.1) is 24.0 Å². The maximum absolute atomic E-state index is 12.1. The second kappa shape index (κ2) is 8.50. The Balaban J connectivity index is 2.13. The minimum atomic E-state index is -0.716. The van der Waals surface area contributed by atoms with Crippen LogP contribution in [-0.2, 0) is 9.53 Å². The molecule has 0 aliphatic heterocycles. The number of hydrogen-bond acceptors (Lipinski definition) is 6. The Morgan fingerprint density at radius 1 is 1.22 bits per heavy atom. The summed E-state index contributed by atoms with van der Waals surface area (Å²) in [6.07, 6.45) is 0. The van der Waals surface area contributed by atoms with E-state index in [1.807, 2.05) is 13.0 Å². The molecule has 0 saturated heterocycles. The molecule has 0 fully saturated rings. The average molecular weight is 393 g/mol. The van der Waals surface area contributed by atoms with Crippen LogP contribution in [0.15, 0.2) is 30.3 Å². The van der Waals surface area contributed by atoms with Gasteiger partial charge in [-0.1, -0.05) is 17.7 Å². The van der Waals surface area contributed by atoms with E-state index in [0.29, 0.717) is 10.7 Å². The van der Waals surface area contributed by atoms with Gasteiger partial charge in [0.2, 0.25) is 0 Å². The molecule has 142 valence electrons. The van der Waals surface area contributed by atoms with Gasteiger partial charge in [-0.3, -0.25) is 14.9 Å². The maximum Gasteiger partial charge on any atom is 0.338 e. The van der Waals surface area contributed by atoms with Crippen molar-refractivity contribution in [2.45, 2.75) is 13.8 Å². The minimum Gasteiger partial charge on any atom is -0.477 e. The third kappa shape index (κ3) is 4.95. The number of nitro groups is 1. The summed E-state index contributed by atoms with van der Waals surface area (Å²) in [7, 11) is 1.17. The maximum atomic E-state index is 12.1. The van der Waals surface area contributed by atoms with Crippen molar-refractivity contribution in [2.24, 2.45) is 0 Å². The lowest BCUT2D eigenvalue weighted by atomic mass is 10.1. The van der Waals surface area contributed by atoms with Crippen LogP contribution in [0.3, 0.4) is 0 Å². The lowest BCUT2D eigenvalue weighted by molar-refractivity contribution is -0.385. The number of hydrogen-bond donors (Lipinski definition) is 1. The van der Waals surface area contributed by atoms with Crippen molar-refractivity contribution in [2.75, 3.05) is 19.0 Å². The summed E-state index contributed by atoms with van der Waals surface area (Å²) in [6, 6.07) is 7.15. The van der Waals surface area contributed by atoms with Crippen molar-refractivity contribution in [3.05, 3.63) is 62.2 Å². The number of aryl methyl sites for hydroxylation is 2. The Hall–Kier alpha value is -3.13. The van der Waals surface area contributed by atoms with E-state index in [1.54, 1.807) is 13.0 Å². The number of rotatable bonds is 6. The highest BCUT2D eigenvalue weighted by molar-refractivity contribution is 6.34. The first-order valence-corrected chi connectivity index (χ1v) is 8.17. The van der Waals surface area contributed by atoms with E-state index in [-0.39, 0.29) is 11.3 Å². The molecule has 1 amide bonds. The van der Waals surface area contributed by atoms with Crippen molar-refractivity contribution in [1.29, 1.82) is 0 Å². The van der Waals surface area contributed by atoms with Gasteiger partial charge in [-0.05, 0) is 43.2 Å². The number of amides is 1. The molecule has 0 saturated carbocycles. The lowest BCUT2D eigenvalue weighted by Gasteiger charge is -2.12. The molecule has 8 nitrogen and oxygen atoms in total. The fourth-order valence-corrected chi connectivity index (χ4v) is 2.79. The second-order valence-corrected chi connectivity index (χ2v) is 6.11. The van der Waals surface area contributed by atoms with Crippen LogP contribution in [0.1, 0.15) is 21.5 Å². The molecular formula is C18H17ClN2O6. The number of methoxy groups -OCH3 is 1. The van der Waals surface area contributed by atoms with Crippen LogP contribution >= 0.6 is 11.6 Å². The Morgan fingerprint density at radius 3 is 2.52 bits per heavy atom. The van der Waals surface area contributed by atoms with Gasteiger partial charge in [0.15, 0.2) is 12.4 Å². The first-order chi connectivity index (χ1) is 12.7. The summed E-state index contributed by atoms with van der Waals surface area (Å²) in [5, 5.41) is 14.2. The molecule has 9 heteroatoms. The third-order valence-corrected chi connectivity index (χ3v) is 3.93. The Bertz CT molecular complexity index is 890. The fraction of sp³-hybridized carbons (Fsp3) is 0.222. The zero-order valence-corrected chi connectivity index (χ0v) is 15.6. The smallest absolute Gasteiger partial charge is 0.338 e. The second-order valence-electron chi connectivity index (χ2n) is 5.71. The van der Waals surface area contributed by atoms with E-state index in [9.17, 15) is 19.7 Å². The predicted octanol–water partition coefficient (Wildman–Crippen LogP) is 3.67. The standard InChI is InChI=1S/C18H17ClN2O6/c1-10-6-11(2)17(13(19)7-10)20-16(22)9-27-15-5-4-12(18(23)26-3)8-14(15)21(24)25/h4-8H,9H2,1-3H3,(H,20,22). The number of benzene rings is 2. The van der Waals surface area contributed by atoms with Gasteiger partial charge < -0.3 is 14.8 Å². The number of esters is 1. The number of nitrogens with zero attached hydrogens (tertiary/aromatic N) is 1. The normalized spacial score (nSPS) is 10.2. The van der Waals surface area contributed by atoms with E-state index in [2.05, 4.69) is 10.1 Å². The number of carbonyl (C=O) groups is 2. The van der Waals surface area contributed by atoms with Gasteiger partial charge in [-0.15, -0.1) is 0 Å². The monoisotopic (exact) mass is 392 g/mol. The quantitative estimate of drug-likeness (QED) is 0.456. The number of halogens is 1. The molecule has 27 heavy (non-hydrogen) atoms. The molecule has 2 aromatic carbocycles. The van der Waals surface area contributed by atoms with E-state index in [4.69, 9.17) is 16.3 Å². The van der Waals surface area contributed by atoms with Crippen molar-refractivity contribution in [3.63, 3.8) is 0 Å². The van der Waals surface area contributed by atoms with Crippen LogP contribution in [0.25, 0.3) is 0 Å². The first-order valence-electron chi connectivity index (χ1n) is 7.79. The number of nitro benzene ring substituents is 1. The molecule has 0 radical (unpaired) electrons. The minimum absolute atomic E-state index is 0.00284. The van der Waals surface area contributed by atoms with Crippen LogP contribution < -0.4 is 10.1 Å². The molecule has 0 unspecified atom stereocenters. The van der Waals surface area contributed by atoms with Crippen molar-refractivity contribution >= 4 is 34.9 Å². The number of carbonyl (C=O) groups excluding carboxylic acids is 2. The molecule has 0 spiro atoms. The molecule has 2 aromatic rings. The van der Waals surface area contributed by atoms with Crippen LogP contribution in [0.5, 0.6) is 5.75 Å². The van der Waals surface area contributed by atoms with Gasteiger partial charge >= 0.3 is 11.7 Å². The van der Waals surface area contributed by atoms with Crippen LogP contribution in [0.2, 0.25) is 5.02 Å². The van der Waals surface area contributed by atoms with Gasteiger partial charge in [0.25, 0.3) is 5.91 Å². The molecule has 0 bridgehead atoms. The van der Waals surface area contributed by atoms with Gasteiger partial charge in [0, 0.05) is 6.07 Å². The SMILES string of the molecule is COC(=O)c1ccc(OCC(=O)Nc2c(C)cc(C)cc2Cl)c([N+](=O)[O-])c1. The zero-order valence-electron chi connectivity index (χ0n) is 14.9. The average Bonchev–Trinajstić information content (AvgIpc) is 2.62. The van der Waals surface area contributed by atoms with E-state index < -0.39 is 29.1 Å². The highest BCUT2D eigenvalue weighted by Crippen LogP contribution is 2.29. The summed E-state index contributed by atoms with van der Waals surface area (Å²) >= 11 is 6.14. The summed E-state index contributed by atoms with van der Waals surface area (Å²) in [4.78, 5) is 34.1. The van der Waals surface area contributed by atoms with Crippen molar-refractivity contribution in [3.8, 4) is 5.75 Å². The van der Waals surface area contributed by atoms with Gasteiger partial charge in [-0.25, -0.2) is 4.79 Å².